The molecule has 11 nitrogen and oxygen atoms in total. The second-order valence-corrected chi connectivity index (χ2v) is 6.25. The summed E-state index contributed by atoms with van der Waals surface area (Å²) in [5.74, 6) is -0.519. The number of rotatable bonds is 7. The molecule has 0 saturated heterocycles. The number of methoxy groups -OCH3 is 1. The predicted molar refractivity (Wildman–Crippen MR) is 111 cm³/mol. The lowest BCUT2D eigenvalue weighted by atomic mass is 10.3. The first kappa shape index (κ1) is 21.2. The Morgan fingerprint density at radius 1 is 1.00 bits per heavy atom. The van der Waals surface area contributed by atoms with Crippen LogP contribution in [-0.2, 0) is 11.3 Å². The number of anilines is 2. The molecule has 2 amide bonds. The van der Waals surface area contributed by atoms with Crippen LogP contribution in [0.5, 0.6) is 5.75 Å². The minimum atomic E-state index is -0.587. The zero-order chi connectivity index (χ0) is 22.4. The molecular weight excluding hydrogens is 406 g/mol. The fraction of sp³-hybridized carbons (Fsp3) is 0.100. The lowest BCUT2D eigenvalue weighted by Crippen LogP contribution is -2.31. The van der Waals surface area contributed by atoms with E-state index in [9.17, 15) is 24.5 Å². The SMILES string of the molecule is COc1ccc(NC(=O)c2ccc(=O)n(CC(=O)Nc3ccc([N+](=O)[O-])cc3)n2)cc1. The van der Waals surface area contributed by atoms with Crippen LogP contribution in [0.1, 0.15) is 10.5 Å². The minimum Gasteiger partial charge on any atom is -0.497 e. The van der Waals surface area contributed by atoms with E-state index in [1.54, 1.807) is 24.3 Å². The van der Waals surface area contributed by atoms with Gasteiger partial charge in [-0.05, 0) is 42.5 Å². The van der Waals surface area contributed by atoms with Crippen molar-refractivity contribution < 1.29 is 19.2 Å². The maximum absolute atomic E-state index is 12.4. The molecule has 0 bridgehead atoms. The number of carbonyl (C=O) groups excluding carboxylic acids is 2. The van der Waals surface area contributed by atoms with Gasteiger partial charge in [-0.25, -0.2) is 4.68 Å². The number of non-ortho nitro benzene ring substituents is 1. The smallest absolute Gasteiger partial charge is 0.276 e. The fourth-order valence-electron chi connectivity index (χ4n) is 2.56. The average Bonchev–Trinajstić information content (AvgIpc) is 2.76. The molecule has 3 aromatic rings. The average molecular weight is 423 g/mol. The van der Waals surface area contributed by atoms with Crippen LogP contribution in [0.25, 0.3) is 0 Å². The Bertz CT molecular complexity index is 1170. The van der Waals surface area contributed by atoms with E-state index in [1.165, 1.54) is 37.4 Å². The van der Waals surface area contributed by atoms with Gasteiger partial charge in [-0.15, -0.1) is 0 Å². The summed E-state index contributed by atoms with van der Waals surface area (Å²) in [6.45, 7) is -0.445. The second-order valence-electron chi connectivity index (χ2n) is 6.25. The van der Waals surface area contributed by atoms with Crippen molar-refractivity contribution in [2.75, 3.05) is 17.7 Å². The maximum Gasteiger partial charge on any atom is 0.276 e. The number of benzene rings is 2. The first-order valence-electron chi connectivity index (χ1n) is 8.93. The van der Waals surface area contributed by atoms with Crippen LogP contribution in [0.2, 0.25) is 0 Å². The highest BCUT2D eigenvalue weighted by atomic mass is 16.6. The summed E-state index contributed by atoms with van der Waals surface area (Å²) in [4.78, 5) is 46.8. The minimum absolute atomic E-state index is 0.0569. The molecule has 31 heavy (non-hydrogen) atoms. The van der Waals surface area contributed by atoms with Gasteiger partial charge in [-0.1, -0.05) is 0 Å². The molecule has 0 fully saturated rings. The van der Waals surface area contributed by atoms with Crippen molar-refractivity contribution in [3.63, 3.8) is 0 Å². The van der Waals surface area contributed by atoms with E-state index in [0.717, 1.165) is 10.7 Å². The van der Waals surface area contributed by atoms with Gasteiger partial charge in [0.15, 0.2) is 0 Å². The zero-order valence-corrected chi connectivity index (χ0v) is 16.3. The molecule has 1 heterocycles. The van der Waals surface area contributed by atoms with E-state index in [-0.39, 0.29) is 11.4 Å². The quantitative estimate of drug-likeness (QED) is 0.437. The Labute approximate surface area is 175 Å². The molecule has 0 saturated carbocycles. The highest BCUT2D eigenvalue weighted by molar-refractivity contribution is 6.02. The summed E-state index contributed by atoms with van der Waals surface area (Å²) in [5, 5.41) is 19.8. The normalized spacial score (nSPS) is 10.2. The van der Waals surface area contributed by atoms with Crippen molar-refractivity contribution in [2.45, 2.75) is 6.54 Å². The summed E-state index contributed by atoms with van der Waals surface area (Å²) in [6.07, 6.45) is 0. The number of nitrogens with zero attached hydrogens (tertiary/aromatic N) is 3. The van der Waals surface area contributed by atoms with Crippen LogP contribution in [-0.4, -0.2) is 33.6 Å². The van der Waals surface area contributed by atoms with Crippen molar-refractivity contribution >= 4 is 28.9 Å². The molecule has 158 valence electrons. The number of ether oxygens (including phenoxy) is 1. The molecule has 0 unspecified atom stereocenters. The predicted octanol–water partition coefficient (Wildman–Crippen LogP) is 2.05. The molecule has 0 spiro atoms. The van der Waals surface area contributed by atoms with Gasteiger partial charge in [0.05, 0.1) is 12.0 Å². The topological polar surface area (TPSA) is 145 Å². The molecule has 3 rings (SSSR count). The summed E-state index contributed by atoms with van der Waals surface area (Å²) >= 11 is 0. The van der Waals surface area contributed by atoms with Crippen LogP contribution < -0.4 is 20.9 Å². The first-order valence-corrected chi connectivity index (χ1v) is 8.93. The third kappa shape index (κ3) is 5.50. The van der Waals surface area contributed by atoms with Gasteiger partial charge in [0, 0.05) is 29.6 Å². The first-order chi connectivity index (χ1) is 14.9. The molecule has 0 atom stereocenters. The number of hydrogen-bond donors (Lipinski definition) is 2. The summed E-state index contributed by atoms with van der Waals surface area (Å²) in [7, 11) is 1.53. The summed E-state index contributed by atoms with van der Waals surface area (Å²) in [5.41, 5.74) is 0.0724. The van der Waals surface area contributed by atoms with Crippen LogP contribution in [0.4, 0.5) is 17.1 Å². The molecule has 0 aliphatic rings. The van der Waals surface area contributed by atoms with Crippen LogP contribution in [0.3, 0.4) is 0 Å². The van der Waals surface area contributed by atoms with Crippen molar-refractivity contribution in [2.24, 2.45) is 0 Å². The number of carbonyl (C=O) groups is 2. The number of nitrogens with one attached hydrogen (secondary N) is 2. The number of aromatic nitrogens is 2. The van der Waals surface area contributed by atoms with Crippen molar-refractivity contribution in [1.82, 2.24) is 9.78 Å². The molecular formula is C20H17N5O6. The van der Waals surface area contributed by atoms with Crippen LogP contribution >= 0.6 is 0 Å². The van der Waals surface area contributed by atoms with E-state index >= 15 is 0 Å². The Morgan fingerprint density at radius 2 is 1.61 bits per heavy atom. The largest absolute Gasteiger partial charge is 0.497 e. The highest BCUT2D eigenvalue weighted by Crippen LogP contribution is 2.16. The third-order valence-corrected chi connectivity index (χ3v) is 4.10. The second kappa shape index (κ2) is 9.31. The Kier molecular flexibility index (Phi) is 6.36. The number of nitro groups is 1. The molecule has 1 aromatic heterocycles. The van der Waals surface area contributed by atoms with Crippen LogP contribution in [0.15, 0.2) is 65.5 Å². The molecule has 2 aromatic carbocycles. The third-order valence-electron chi connectivity index (χ3n) is 4.10. The Morgan fingerprint density at radius 3 is 2.23 bits per heavy atom. The standard InChI is InChI=1S/C20H17N5O6/c1-31-16-8-4-14(5-9-16)22-20(28)17-10-11-19(27)24(23-17)12-18(26)21-13-2-6-15(7-3-13)25(29)30/h2-11H,12H2,1H3,(H,21,26)(H,22,28). The van der Waals surface area contributed by atoms with E-state index in [1.807, 2.05) is 0 Å². The Balaban J connectivity index is 1.68. The number of amides is 2. The molecule has 2 N–H and O–H groups in total. The van der Waals surface area contributed by atoms with Crippen LogP contribution in [0, 0.1) is 10.1 Å². The zero-order valence-electron chi connectivity index (χ0n) is 16.3. The highest BCUT2D eigenvalue weighted by Gasteiger charge is 2.13. The van der Waals surface area contributed by atoms with Gasteiger partial charge < -0.3 is 15.4 Å². The van der Waals surface area contributed by atoms with Crippen molar-refractivity contribution in [3.05, 3.63) is 86.8 Å². The lowest BCUT2D eigenvalue weighted by Gasteiger charge is -2.09. The van der Waals surface area contributed by atoms with E-state index in [0.29, 0.717) is 17.1 Å². The number of hydrogen-bond acceptors (Lipinski definition) is 7. The van der Waals surface area contributed by atoms with E-state index in [4.69, 9.17) is 4.74 Å². The Hall–Kier alpha value is -4.54. The molecule has 0 aliphatic heterocycles. The maximum atomic E-state index is 12.4. The van der Waals surface area contributed by atoms with Gasteiger partial charge in [0.1, 0.15) is 18.0 Å². The molecule has 11 heteroatoms. The summed E-state index contributed by atoms with van der Waals surface area (Å²) < 4.78 is 5.90. The van der Waals surface area contributed by atoms with E-state index < -0.39 is 28.8 Å². The molecule has 0 radical (unpaired) electrons. The van der Waals surface area contributed by atoms with Gasteiger partial charge in [0.25, 0.3) is 17.2 Å². The lowest BCUT2D eigenvalue weighted by molar-refractivity contribution is -0.384. The monoisotopic (exact) mass is 423 g/mol. The van der Waals surface area contributed by atoms with Gasteiger partial charge in [-0.2, -0.15) is 5.10 Å². The van der Waals surface area contributed by atoms with E-state index in [2.05, 4.69) is 15.7 Å². The van der Waals surface area contributed by atoms with Crippen molar-refractivity contribution in [3.8, 4) is 5.75 Å². The number of nitro benzene ring substituents is 1. The van der Waals surface area contributed by atoms with Gasteiger partial charge >= 0.3 is 0 Å². The van der Waals surface area contributed by atoms with Gasteiger partial charge in [-0.3, -0.25) is 24.5 Å². The fourth-order valence-corrected chi connectivity index (χ4v) is 2.56. The van der Waals surface area contributed by atoms with Gasteiger partial charge in [0.2, 0.25) is 5.91 Å². The molecule has 0 aliphatic carbocycles. The summed E-state index contributed by atoms with van der Waals surface area (Å²) in [6, 6.07) is 14.2. The van der Waals surface area contributed by atoms with Crippen molar-refractivity contribution in [1.29, 1.82) is 0 Å².